The predicted octanol–water partition coefficient (Wildman–Crippen LogP) is 5.88. The molecule has 4 heteroatoms. The molecule has 0 bridgehead atoms. The Balaban J connectivity index is 1.61. The average molecular weight is 378 g/mol. The number of rotatable bonds is 6. The first-order valence-electron chi connectivity index (χ1n) is 8.62. The molecule has 0 unspecified atom stereocenters. The van der Waals surface area contributed by atoms with Crippen molar-refractivity contribution in [3.63, 3.8) is 0 Å². The fourth-order valence-electron chi connectivity index (χ4n) is 2.52. The molecule has 1 N–H and O–H groups in total. The summed E-state index contributed by atoms with van der Waals surface area (Å²) in [5.41, 5.74) is 3.66. The Bertz CT molecular complexity index is 952. The fourth-order valence-corrected chi connectivity index (χ4v) is 2.70. The molecule has 136 valence electrons. The van der Waals surface area contributed by atoms with Crippen LogP contribution in [-0.4, -0.2) is 5.91 Å². The Labute approximate surface area is 164 Å². The molecule has 0 saturated carbocycles. The molecule has 27 heavy (non-hydrogen) atoms. The first-order valence-corrected chi connectivity index (χ1v) is 9.00. The lowest BCUT2D eigenvalue weighted by Gasteiger charge is -2.07. The molecule has 0 fully saturated rings. The summed E-state index contributed by atoms with van der Waals surface area (Å²) in [6.07, 6.45) is 3.25. The maximum atomic E-state index is 12.2. The van der Waals surface area contributed by atoms with Gasteiger partial charge >= 0.3 is 0 Å². The maximum Gasteiger partial charge on any atom is 0.248 e. The number of ether oxygens (including phenoxy) is 1. The third-order valence-corrected chi connectivity index (χ3v) is 4.23. The Morgan fingerprint density at radius 1 is 1.04 bits per heavy atom. The van der Waals surface area contributed by atoms with Gasteiger partial charge in [0.1, 0.15) is 12.4 Å². The van der Waals surface area contributed by atoms with Crippen molar-refractivity contribution in [1.29, 1.82) is 0 Å². The predicted molar refractivity (Wildman–Crippen MR) is 111 cm³/mol. The van der Waals surface area contributed by atoms with Crippen molar-refractivity contribution in [3.8, 4) is 5.75 Å². The van der Waals surface area contributed by atoms with Gasteiger partial charge in [0.05, 0.1) is 0 Å². The van der Waals surface area contributed by atoms with Gasteiger partial charge in [-0.2, -0.15) is 0 Å². The van der Waals surface area contributed by atoms with Crippen molar-refractivity contribution in [1.82, 2.24) is 0 Å². The molecule has 0 aromatic heterocycles. The van der Waals surface area contributed by atoms with Crippen LogP contribution in [0.4, 0.5) is 5.69 Å². The lowest BCUT2D eigenvalue weighted by Crippen LogP contribution is -2.08. The zero-order chi connectivity index (χ0) is 19.1. The van der Waals surface area contributed by atoms with Crippen LogP contribution in [0.5, 0.6) is 5.75 Å². The number of nitrogens with one attached hydrogen (secondary N) is 1. The minimum Gasteiger partial charge on any atom is -0.489 e. The zero-order valence-electron chi connectivity index (χ0n) is 15.0. The number of hydrogen-bond acceptors (Lipinski definition) is 2. The smallest absolute Gasteiger partial charge is 0.248 e. The molecule has 3 rings (SSSR count). The van der Waals surface area contributed by atoms with Crippen LogP contribution in [0.2, 0.25) is 5.02 Å². The van der Waals surface area contributed by atoms with E-state index in [9.17, 15) is 4.79 Å². The topological polar surface area (TPSA) is 38.3 Å². The standard InChI is InChI=1S/C23H20ClNO2/c1-17-10-12-20(24)15-22(17)25-23(26)13-11-18-8-5-9-21(14-18)27-16-19-6-3-2-4-7-19/h2-15H,16H2,1H3,(H,25,26)/b13-11+. The molecule has 0 saturated heterocycles. The molecule has 3 nitrogen and oxygen atoms in total. The first-order chi connectivity index (χ1) is 13.1. The summed E-state index contributed by atoms with van der Waals surface area (Å²) in [5, 5.41) is 3.43. The summed E-state index contributed by atoms with van der Waals surface area (Å²) in [6, 6.07) is 23.0. The summed E-state index contributed by atoms with van der Waals surface area (Å²) in [7, 11) is 0. The van der Waals surface area contributed by atoms with Gasteiger partial charge < -0.3 is 10.1 Å². The summed E-state index contributed by atoms with van der Waals surface area (Å²) in [4.78, 5) is 12.2. The first kappa shape index (κ1) is 18.7. The molecule has 0 spiro atoms. The summed E-state index contributed by atoms with van der Waals surface area (Å²) in [6.45, 7) is 2.42. The maximum absolute atomic E-state index is 12.2. The van der Waals surface area contributed by atoms with E-state index in [0.717, 1.165) is 22.4 Å². The van der Waals surface area contributed by atoms with E-state index in [1.54, 1.807) is 18.2 Å². The quantitative estimate of drug-likeness (QED) is 0.545. The number of carbonyl (C=O) groups is 1. The normalized spacial score (nSPS) is 10.7. The second kappa shape index (κ2) is 9.06. The molecule has 0 aliphatic heterocycles. The summed E-state index contributed by atoms with van der Waals surface area (Å²) >= 11 is 5.98. The van der Waals surface area contributed by atoms with E-state index in [2.05, 4.69) is 5.32 Å². The van der Waals surface area contributed by atoms with E-state index in [1.807, 2.05) is 67.6 Å². The highest BCUT2D eigenvalue weighted by Crippen LogP contribution is 2.20. The second-order valence-electron chi connectivity index (χ2n) is 6.13. The minimum atomic E-state index is -0.212. The van der Waals surface area contributed by atoms with Crippen molar-refractivity contribution in [2.24, 2.45) is 0 Å². The lowest BCUT2D eigenvalue weighted by molar-refractivity contribution is -0.111. The number of halogens is 1. The molecule has 0 aliphatic carbocycles. The van der Waals surface area contributed by atoms with E-state index < -0.39 is 0 Å². The van der Waals surface area contributed by atoms with Crippen LogP contribution in [-0.2, 0) is 11.4 Å². The van der Waals surface area contributed by atoms with Crippen LogP contribution >= 0.6 is 11.6 Å². The highest BCUT2D eigenvalue weighted by Gasteiger charge is 2.03. The molecule has 0 heterocycles. The number of aryl methyl sites for hydroxylation is 1. The molecule has 0 aliphatic rings. The highest BCUT2D eigenvalue weighted by atomic mass is 35.5. The molecular weight excluding hydrogens is 358 g/mol. The van der Waals surface area contributed by atoms with Gasteiger partial charge in [0.25, 0.3) is 0 Å². The fraction of sp³-hybridized carbons (Fsp3) is 0.0870. The monoisotopic (exact) mass is 377 g/mol. The van der Waals surface area contributed by atoms with Crippen molar-refractivity contribution in [3.05, 3.63) is 101 Å². The molecule has 3 aromatic carbocycles. The molecule has 1 amide bonds. The number of anilines is 1. The van der Waals surface area contributed by atoms with Gasteiger partial charge in [-0.1, -0.05) is 60.1 Å². The molecule has 0 atom stereocenters. The molecule has 3 aromatic rings. The van der Waals surface area contributed by atoms with E-state index >= 15 is 0 Å². The Kier molecular flexibility index (Phi) is 6.29. The third kappa shape index (κ3) is 5.73. The number of benzene rings is 3. The van der Waals surface area contributed by atoms with Crippen LogP contribution in [0.1, 0.15) is 16.7 Å². The van der Waals surface area contributed by atoms with Gasteiger partial charge in [-0.3, -0.25) is 4.79 Å². The van der Waals surface area contributed by atoms with Crippen LogP contribution in [0.25, 0.3) is 6.08 Å². The average Bonchev–Trinajstić information content (AvgIpc) is 2.69. The van der Waals surface area contributed by atoms with Crippen molar-refractivity contribution in [2.75, 3.05) is 5.32 Å². The van der Waals surface area contributed by atoms with Gasteiger partial charge in [0.2, 0.25) is 5.91 Å². The van der Waals surface area contributed by atoms with Gasteiger partial charge in [-0.25, -0.2) is 0 Å². The third-order valence-electron chi connectivity index (χ3n) is 3.99. The van der Waals surface area contributed by atoms with E-state index in [1.165, 1.54) is 6.08 Å². The zero-order valence-corrected chi connectivity index (χ0v) is 15.7. The lowest BCUT2D eigenvalue weighted by atomic mass is 10.2. The van der Waals surface area contributed by atoms with Crippen LogP contribution in [0, 0.1) is 6.92 Å². The Morgan fingerprint density at radius 2 is 1.85 bits per heavy atom. The van der Waals surface area contributed by atoms with Crippen molar-refractivity contribution < 1.29 is 9.53 Å². The van der Waals surface area contributed by atoms with Crippen LogP contribution < -0.4 is 10.1 Å². The van der Waals surface area contributed by atoms with Gasteiger partial charge in [-0.05, 0) is 54.0 Å². The van der Waals surface area contributed by atoms with E-state index in [4.69, 9.17) is 16.3 Å². The largest absolute Gasteiger partial charge is 0.489 e. The number of hydrogen-bond donors (Lipinski definition) is 1. The second-order valence-corrected chi connectivity index (χ2v) is 6.57. The number of amides is 1. The Morgan fingerprint density at radius 3 is 2.67 bits per heavy atom. The van der Waals surface area contributed by atoms with Gasteiger partial charge in [0, 0.05) is 16.8 Å². The van der Waals surface area contributed by atoms with Gasteiger partial charge in [-0.15, -0.1) is 0 Å². The highest BCUT2D eigenvalue weighted by molar-refractivity contribution is 6.31. The van der Waals surface area contributed by atoms with E-state index in [0.29, 0.717) is 17.3 Å². The molecular formula is C23H20ClNO2. The van der Waals surface area contributed by atoms with Crippen molar-refractivity contribution in [2.45, 2.75) is 13.5 Å². The van der Waals surface area contributed by atoms with Crippen LogP contribution in [0.15, 0.2) is 78.9 Å². The van der Waals surface area contributed by atoms with Crippen molar-refractivity contribution >= 4 is 29.3 Å². The SMILES string of the molecule is Cc1ccc(Cl)cc1NC(=O)/C=C/c1cccc(OCc2ccccc2)c1. The molecule has 0 radical (unpaired) electrons. The minimum absolute atomic E-state index is 0.212. The summed E-state index contributed by atoms with van der Waals surface area (Å²) < 4.78 is 5.81. The van der Waals surface area contributed by atoms with Gasteiger partial charge in [0.15, 0.2) is 0 Å². The van der Waals surface area contributed by atoms with Crippen LogP contribution in [0.3, 0.4) is 0 Å². The number of carbonyl (C=O) groups excluding carboxylic acids is 1. The summed E-state index contributed by atoms with van der Waals surface area (Å²) in [5.74, 6) is 0.545. The Hall–Kier alpha value is -3.04. The van der Waals surface area contributed by atoms with E-state index in [-0.39, 0.29) is 5.91 Å².